The number of hydrogen-bond acceptors (Lipinski definition) is 3. The first kappa shape index (κ1) is 18.6. The smallest absolute Gasteiger partial charge is 0.410 e. The largest absolute Gasteiger partial charge is 0.444 e. The number of nitrogens with zero attached hydrogens (tertiary/aromatic N) is 2. The minimum absolute atomic E-state index is 0.164. The van der Waals surface area contributed by atoms with Crippen LogP contribution < -0.4 is 5.32 Å². The van der Waals surface area contributed by atoms with Crippen molar-refractivity contribution in [2.45, 2.75) is 33.3 Å². The number of carbonyl (C=O) groups excluding carboxylic acids is 2. The fourth-order valence-electron chi connectivity index (χ4n) is 2.33. The molecule has 2 rings (SSSR count). The van der Waals surface area contributed by atoms with E-state index in [1.807, 2.05) is 45.9 Å². The van der Waals surface area contributed by atoms with Gasteiger partial charge in [-0.1, -0.05) is 6.07 Å². The molecule has 1 aromatic rings. The summed E-state index contributed by atoms with van der Waals surface area (Å²) < 4.78 is 6.21. The van der Waals surface area contributed by atoms with Crippen LogP contribution in [0.25, 0.3) is 0 Å². The molecule has 0 spiro atoms. The molecule has 24 heavy (non-hydrogen) atoms. The predicted octanol–water partition coefficient (Wildman–Crippen LogP) is 3.84. The summed E-state index contributed by atoms with van der Waals surface area (Å²) >= 11 is 3.45. The number of nitrogens with one attached hydrogen (secondary N) is 1. The number of piperazine rings is 1. The molecule has 7 heteroatoms. The van der Waals surface area contributed by atoms with Crippen molar-refractivity contribution in [3.05, 3.63) is 28.2 Å². The number of anilines is 1. The molecule has 1 aromatic carbocycles. The second kappa shape index (κ2) is 7.42. The Kier molecular flexibility index (Phi) is 5.74. The molecular weight excluding hydrogens is 374 g/mol. The lowest BCUT2D eigenvalue weighted by Crippen LogP contribution is -2.52. The first-order valence-electron chi connectivity index (χ1n) is 7.96. The van der Waals surface area contributed by atoms with E-state index in [1.165, 1.54) is 0 Å². The second-order valence-corrected chi connectivity index (χ2v) is 7.72. The van der Waals surface area contributed by atoms with Gasteiger partial charge in [0.1, 0.15) is 5.60 Å². The summed E-state index contributed by atoms with van der Waals surface area (Å²) in [5.74, 6) is 0. The minimum atomic E-state index is -0.511. The van der Waals surface area contributed by atoms with Crippen LogP contribution in [0.4, 0.5) is 15.3 Å². The Labute approximate surface area is 151 Å². The van der Waals surface area contributed by atoms with Crippen molar-refractivity contribution in [1.29, 1.82) is 0 Å². The van der Waals surface area contributed by atoms with Crippen molar-refractivity contribution in [2.24, 2.45) is 0 Å². The number of halogens is 1. The highest BCUT2D eigenvalue weighted by atomic mass is 79.9. The fraction of sp³-hybridized carbons (Fsp3) is 0.529. The maximum atomic E-state index is 12.4. The second-order valence-electron chi connectivity index (χ2n) is 6.87. The summed E-state index contributed by atoms with van der Waals surface area (Å²) in [4.78, 5) is 27.7. The van der Waals surface area contributed by atoms with Gasteiger partial charge >= 0.3 is 12.1 Å². The molecule has 1 aliphatic heterocycles. The Morgan fingerprint density at radius 2 is 1.71 bits per heavy atom. The number of benzene rings is 1. The van der Waals surface area contributed by atoms with Crippen LogP contribution in [0.1, 0.15) is 26.3 Å². The lowest BCUT2D eigenvalue weighted by Gasteiger charge is -2.35. The van der Waals surface area contributed by atoms with Crippen LogP contribution in [0.3, 0.4) is 0 Å². The normalized spacial score (nSPS) is 15.2. The number of carbonyl (C=O) groups is 2. The Morgan fingerprint density at radius 3 is 2.25 bits per heavy atom. The molecule has 132 valence electrons. The molecule has 0 atom stereocenters. The topological polar surface area (TPSA) is 61.9 Å². The van der Waals surface area contributed by atoms with E-state index in [9.17, 15) is 9.59 Å². The summed E-state index contributed by atoms with van der Waals surface area (Å²) in [6.07, 6.45) is -0.330. The van der Waals surface area contributed by atoms with Gasteiger partial charge in [0.15, 0.2) is 0 Å². The third-order valence-corrected chi connectivity index (χ3v) is 4.24. The molecule has 0 saturated carbocycles. The first-order chi connectivity index (χ1) is 11.2. The Balaban J connectivity index is 1.87. The van der Waals surface area contributed by atoms with Crippen LogP contribution in [0.5, 0.6) is 0 Å². The molecule has 1 aliphatic rings. The standard InChI is InChI=1S/C17H24BrN3O3/c1-12-5-6-14(13(18)11-12)19-15(22)20-7-9-21(10-8-20)16(23)24-17(2,3)4/h5-6,11H,7-10H2,1-4H3,(H,19,22). The number of amides is 3. The molecule has 6 nitrogen and oxygen atoms in total. The first-order valence-corrected chi connectivity index (χ1v) is 8.75. The highest BCUT2D eigenvalue weighted by Crippen LogP contribution is 2.24. The van der Waals surface area contributed by atoms with Gasteiger partial charge in [0, 0.05) is 30.7 Å². The predicted molar refractivity (Wildman–Crippen MR) is 97.3 cm³/mol. The number of aryl methyl sites for hydroxylation is 1. The fourth-order valence-corrected chi connectivity index (χ4v) is 2.93. The molecule has 1 N–H and O–H groups in total. The van der Waals surface area contributed by atoms with Crippen LogP contribution in [-0.2, 0) is 4.74 Å². The van der Waals surface area contributed by atoms with Crippen molar-refractivity contribution in [2.75, 3.05) is 31.5 Å². The summed E-state index contributed by atoms with van der Waals surface area (Å²) in [6, 6.07) is 5.61. The van der Waals surface area contributed by atoms with Crippen molar-refractivity contribution in [3.63, 3.8) is 0 Å². The molecule has 0 unspecified atom stereocenters. The van der Waals surface area contributed by atoms with Crippen LogP contribution in [0.15, 0.2) is 22.7 Å². The van der Waals surface area contributed by atoms with Crippen molar-refractivity contribution in [1.82, 2.24) is 9.80 Å². The maximum Gasteiger partial charge on any atom is 0.410 e. The SMILES string of the molecule is Cc1ccc(NC(=O)N2CCN(C(=O)OC(C)(C)C)CC2)c(Br)c1. The van der Waals surface area contributed by atoms with Gasteiger partial charge < -0.3 is 19.9 Å². The Bertz CT molecular complexity index is 620. The van der Waals surface area contributed by atoms with Crippen LogP contribution in [0, 0.1) is 6.92 Å². The molecule has 0 aromatic heterocycles. The van der Waals surface area contributed by atoms with E-state index in [4.69, 9.17) is 4.74 Å². The van der Waals surface area contributed by atoms with E-state index >= 15 is 0 Å². The van der Waals surface area contributed by atoms with Crippen molar-refractivity contribution in [3.8, 4) is 0 Å². The van der Waals surface area contributed by atoms with Crippen molar-refractivity contribution < 1.29 is 14.3 Å². The third-order valence-electron chi connectivity index (χ3n) is 3.58. The monoisotopic (exact) mass is 397 g/mol. The molecular formula is C17H24BrN3O3. The molecule has 0 bridgehead atoms. The zero-order valence-electron chi connectivity index (χ0n) is 14.6. The van der Waals surface area contributed by atoms with Crippen LogP contribution in [-0.4, -0.2) is 53.7 Å². The molecule has 1 fully saturated rings. The summed E-state index contributed by atoms with van der Waals surface area (Å²) in [6.45, 7) is 9.42. The third kappa shape index (κ3) is 5.12. The quantitative estimate of drug-likeness (QED) is 0.782. The van der Waals surface area contributed by atoms with E-state index in [1.54, 1.807) is 9.80 Å². The van der Waals surface area contributed by atoms with E-state index in [-0.39, 0.29) is 12.1 Å². The molecule has 1 heterocycles. The van der Waals surface area contributed by atoms with Gasteiger partial charge in [0.05, 0.1) is 5.69 Å². The zero-order chi connectivity index (χ0) is 17.9. The zero-order valence-corrected chi connectivity index (χ0v) is 16.1. The van der Waals surface area contributed by atoms with Gasteiger partial charge in [-0.2, -0.15) is 0 Å². The lowest BCUT2D eigenvalue weighted by atomic mass is 10.2. The van der Waals surface area contributed by atoms with Gasteiger partial charge in [-0.25, -0.2) is 9.59 Å². The molecule has 0 aliphatic carbocycles. The van der Waals surface area contributed by atoms with E-state index < -0.39 is 5.60 Å². The van der Waals surface area contributed by atoms with Crippen LogP contribution >= 0.6 is 15.9 Å². The average Bonchev–Trinajstić information content (AvgIpc) is 2.48. The van der Waals surface area contributed by atoms with Gasteiger partial charge in [-0.3, -0.25) is 0 Å². The van der Waals surface area contributed by atoms with E-state index in [0.717, 1.165) is 15.7 Å². The molecule has 1 saturated heterocycles. The minimum Gasteiger partial charge on any atom is -0.444 e. The number of hydrogen-bond donors (Lipinski definition) is 1. The molecule has 0 radical (unpaired) electrons. The number of rotatable bonds is 1. The van der Waals surface area contributed by atoms with Gasteiger partial charge in [-0.15, -0.1) is 0 Å². The Morgan fingerprint density at radius 1 is 1.12 bits per heavy atom. The van der Waals surface area contributed by atoms with Gasteiger partial charge in [-0.05, 0) is 61.3 Å². The van der Waals surface area contributed by atoms with Crippen molar-refractivity contribution >= 4 is 33.7 Å². The highest BCUT2D eigenvalue weighted by molar-refractivity contribution is 9.10. The lowest BCUT2D eigenvalue weighted by molar-refractivity contribution is 0.0174. The summed E-state index contributed by atoms with van der Waals surface area (Å²) in [7, 11) is 0. The van der Waals surface area contributed by atoms with E-state index in [2.05, 4.69) is 21.2 Å². The Hall–Kier alpha value is -1.76. The van der Waals surface area contributed by atoms with Gasteiger partial charge in [0.2, 0.25) is 0 Å². The molecule has 3 amide bonds. The summed E-state index contributed by atoms with van der Waals surface area (Å²) in [5.41, 5.74) is 1.34. The van der Waals surface area contributed by atoms with Gasteiger partial charge in [0.25, 0.3) is 0 Å². The number of urea groups is 1. The summed E-state index contributed by atoms with van der Waals surface area (Å²) in [5, 5.41) is 2.89. The van der Waals surface area contributed by atoms with E-state index in [0.29, 0.717) is 26.2 Å². The van der Waals surface area contributed by atoms with Crippen LogP contribution in [0.2, 0.25) is 0 Å². The maximum absolute atomic E-state index is 12.4. The average molecular weight is 398 g/mol. The number of ether oxygens (including phenoxy) is 1. The highest BCUT2D eigenvalue weighted by Gasteiger charge is 2.27.